The predicted octanol–water partition coefficient (Wildman–Crippen LogP) is 2.29. The smallest absolute Gasteiger partial charge is 0.136 e. The highest BCUT2D eigenvalue weighted by Gasteiger charge is 2.59. The minimum atomic E-state index is 0.156. The molecule has 3 aliphatic carbocycles. The Kier molecular flexibility index (Phi) is 2.07. The van der Waals surface area contributed by atoms with Crippen molar-refractivity contribution in [3.05, 3.63) is 41.5 Å². The normalized spacial score (nSPS) is 36.8. The molecule has 4 rings (SSSR count). The van der Waals surface area contributed by atoms with Gasteiger partial charge < -0.3 is 5.11 Å². The van der Waals surface area contributed by atoms with Crippen molar-refractivity contribution in [2.24, 2.45) is 23.7 Å². The average molecular weight is 240 g/mol. The van der Waals surface area contributed by atoms with Crippen LogP contribution in [0.4, 0.5) is 0 Å². The maximum Gasteiger partial charge on any atom is 0.136 e. The Labute approximate surface area is 106 Å². The number of aliphatic hydroxyl groups excluding tert-OH is 1. The van der Waals surface area contributed by atoms with Crippen LogP contribution in [0.5, 0.6) is 0 Å². The van der Waals surface area contributed by atoms with Crippen LogP contribution in [0, 0.1) is 23.7 Å². The van der Waals surface area contributed by atoms with Crippen LogP contribution in [0.15, 0.2) is 35.9 Å². The predicted molar refractivity (Wildman–Crippen MR) is 68.6 cm³/mol. The van der Waals surface area contributed by atoms with Crippen LogP contribution in [0.25, 0.3) is 5.57 Å². The van der Waals surface area contributed by atoms with Gasteiger partial charge in [0.2, 0.25) is 0 Å². The van der Waals surface area contributed by atoms with Gasteiger partial charge in [0, 0.05) is 18.3 Å². The summed E-state index contributed by atoms with van der Waals surface area (Å²) in [5.41, 5.74) is 3.66. The van der Waals surface area contributed by atoms with E-state index in [1.807, 2.05) is 18.2 Å². The summed E-state index contributed by atoms with van der Waals surface area (Å²) >= 11 is 0. The van der Waals surface area contributed by atoms with Crippen LogP contribution in [0.1, 0.15) is 18.4 Å². The number of rotatable bonds is 2. The highest BCUT2D eigenvalue weighted by molar-refractivity contribution is 5.92. The first kappa shape index (κ1) is 10.5. The lowest BCUT2D eigenvalue weighted by atomic mass is 9.59. The number of fused-ring (bicyclic) bond motifs is 5. The number of hydrogen-bond acceptors (Lipinski definition) is 2. The topological polar surface area (TPSA) is 37.3 Å². The van der Waals surface area contributed by atoms with Crippen molar-refractivity contribution >= 4 is 11.4 Å². The average Bonchev–Trinajstić information content (AvgIpc) is 2.85. The fourth-order valence-corrected chi connectivity index (χ4v) is 4.48. The first-order valence-electron chi connectivity index (χ1n) is 6.73. The molecule has 1 N–H and O–H groups in total. The van der Waals surface area contributed by atoms with Gasteiger partial charge in [0.05, 0.1) is 6.61 Å². The molecule has 0 aliphatic heterocycles. The zero-order valence-electron chi connectivity index (χ0n) is 10.2. The Morgan fingerprint density at radius 2 is 1.94 bits per heavy atom. The molecule has 0 radical (unpaired) electrons. The number of hydrogen-bond donors (Lipinski definition) is 1. The number of Topliss-reactive ketones (excluding diaryl/α,β-unsaturated/α-hetero) is 1. The molecule has 0 saturated heterocycles. The highest BCUT2D eigenvalue weighted by atomic mass is 16.3. The van der Waals surface area contributed by atoms with Crippen LogP contribution in [-0.4, -0.2) is 17.5 Å². The molecule has 1 aromatic rings. The van der Waals surface area contributed by atoms with Crippen molar-refractivity contribution < 1.29 is 9.90 Å². The second-order valence-electron chi connectivity index (χ2n) is 5.79. The second-order valence-corrected chi connectivity index (χ2v) is 5.79. The van der Waals surface area contributed by atoms with Crippen LogP contribution in [0.3, 0.4) is 0 Å². The molecule has 18 heavy (non-hydrogen) atoms. The summed E-state index contributed by atoms with van der Waals surface area (Å²) < 4.78 is 0. The van der Waals surface area contributed by atoms with Crippen LogP contribution in [-0.2, 0) is 4.79 Å². The van der Waals surface area contributed by atoms with Gasteiger partial charge in [-0.05, 0) is 35.0 Å². The van der Waals surface area contributed by atoms with E-state index < -0.39 is 0 Å². The maximum absolute atomic E-state index is 11.9. The van der Waals surface area contributed by atoms with Crippen molar-refractivity contribution in [2.45, 2.75) is 12.8 Å². The molecule has 0 heterocycles. The van der Waals surface area contributed by atoms with E-state index in [1.165, 1.54) is 16.7 Å². The molecule has 4 atom stereocenters. The van der Waals surface area contributed by atoms with E-state index in [0.717, 1.165) is 12.8 Å². The van der Waals surface area contributed by atoms with Crippen LogP contribution < -0.4 is 0 Å². The Bertz CT molecular complexity index is 543. The third-order valence-electron chi connectivity index (χ3n) is 5.10. The van der Waals surface area contributed by atoms with Crippen molar-refractivity contribution in [3.8, 4) is 0 Å². The molecule has 2 saturated carbocycles. The van der Waals surface area contributed by atoms with Crippen molar-refractivity contribution in [3.63, 3.8) is 0 Å². The molecule has 0 unspecified atom stereocenters. The van der Waals surface area contributed by atoms with Gasteiger partial charge in [-0.25, -0.2) is 0 Å². The summed E-state index contributed by atoms with van der Waals surface area (Å²) in [6.45, 7) is 0.156. The van der Waals surface area contributed by atoms with Gasteiger partial charge in [0.15, 0.2) is 0 Å². The summed E-state index contributed by atoms with van der Waals surface area (Å²) in [7, 11) is 0. The number of carbonyl (C=O) groups is 1. The first-order chi connectivity index (χ1) is 8.81. The third-order valence-corrected chi connectivity index (χ3v) is 5.10. The number of carbonyl (C=O) groups excluding carboxylic acids is 1. The van der Waals surface area contributed by atoms with E-state index in [9.17, 15) is 9.90 Å². The second kappa shape index (κ2) is 3.55. The molecule has 1 aromatic carbocycles. The monoisotopic (exact) mass is 240 g/mol. The SMILES string of the molecule is O=C1C[C@H]2C[C@@H]1[C@@H]1C(c3ccccc3)=C(CO)[C@H]21. The summed E-state index contributed by atoms with van der Waals surface area (Å²) in [6, 6.07) is 10.2. The standard InChI is InChI=1S/C16H16O2/c17-8-12-14(9-4-2-1-3-5-9)16-11-6-10(15(12)16)7-13(11)18/h1-5,10-11,15-17H,6-8H2/t10-,11+,15+,16-/m1/s1. The lowest BCUT2D eigenvalue weighted by Gasteiger charge is -2.44. The van der Waals surface area contributed by atoms with Gasteiger partial charge >= 0.3 is 0 Å². The third kappa shape index (κ3) is 1.14. The number of aliphatic hydroxyl groups is 1. The molecular formula is C16H16O2. The largest absolute Gasteiger partial charge is 0.392 e. The van der Waals surface area contributed by atoms with E-state index in [1.54, 1.807) is 0 Å². The molecular weight excluding hydrogens is 224 g/mol. The summed E-state index contributed by atoms with van der Waals surface area (Å²) in [6.07, 6.45) is 1.80. The van der Waals surface area contributed by atoms with E-state index in [4.69, 9.17) is 0 Å². The lowest BCUT2D eigenvalue weighted by molar-refractivity contribution is -0.123. The number of ketones is 1. The fourth-order valence-electron chi connectivity index (χ4n) is 4.48. The van der Waals surface area contributed by atoms with Crippen molar-refractivity contribution in [1.82, 2.24) is 0 Å². The zero-order chi connectivity index (χ0) is 12.3. The minimum absolute atomic E-state index is 0.156. The highest BCUT2D eigenvalue weighted by Crippen LogP contribution is 2.64. The Morgan fingerprint density at radius 1 is 1.17 bits per heavy atom. The molecule has 2 heteroatoms. The maximum atomic E-state index is 11.9. The first-order valence-corrected chi connectivity index (χ1v) is 6.73. The molecule has 0 amide bonds. The van der Waals surface area contributed by atoms with Gasteiger partial charge in [-0.15, -0.1) is 0 Å². The summed E-state index contributed by atoms with van der Waals surface area (Å²) in [5.74, 6) is 2.10. The zero-order valence-corrected chi connectivity index (χ0v) is 10.2. The lowest BCUT2D eigenvalue weighted by Crippen LogP contribution is -2.39. The Morgan fingerprint density at radius 3 is 2.67 bits per heavy atom. The van der Waals surface area contributed by atoms with Gasteiger partial charge in [0.25, 0.3) is 0 Å². The Balaban J connectivity index is 1.81. The number of allylic oxidation sites excluding steroid dienone is 1. The summed E-state index contributed by atoms with van der Waals surface area (Å²) in [5, 5.41) is 9.62. The molecule has 92 valence electrons. The Hall–Kier alpha value is -1.41. The molecule has 2 fully saturated rings. The van der Waals surface area contributed by atoms with Gasteiger partial charge in [0.1, 0.15) is 5.78 Å². The molecule has 0 aromatic heterocycles. The van der Waals surface area contributed by atoms with Gasteiger partial charge in [-0.1, -0.05) is 30.3 Å². The molecule has 0 spiro atoms. The van der Waals surface area contributed by atoms with Crippen molar-refractivity contribution in [1.29, 1.82) is 0 Å². The van der Waals surface area contributed by atoms with E-state index in [0.29, 0.717) is 23.5 Å². The molecule has 2 nitrogen and oxygen atoms in total. The van der Waals surface area contributed by atoms with Crippen LogP contribution >= 0.6 is 0 Å². The molecule has 2 bridgehead atoms. The van der Waals surface area contributed by atoms with E-state index in [-0.39, 0.29) is 12.5 Å². The number of benzene rings is 1. The van der Waals surface area contributed by atoms with E-state index in [2.05, 4.69) is 12.1 Å². The minimum Gasteiger partial charge on any atom is -0.392 e. The molecule has 3 aliphatic rings. The fraction of sp³-hybridized carbons (Fsp3) is 0.438. The quantitative estimate of drug-likeness (QED) is 0.861. The van der Waals surface area contributed by atoms with Gasteiger partial charge in [-0.2, -0.15) is 0 Å². The van der Waals surface area contributed by atoms with Crippen molar-refractivity contribution in [2.75, 3.05) is 6.61 Å². The summed E-state index contributed by atoms with van der Waals surface area (Å²) in [4.78, 5) is 11.9. The van der Waals surface area contributed by atoms with E-state index >= 15 is 0 Å². The van der Waals surface area contributed by atoms with Crippen LogP contribution in [0.2, 0.25) is 0 Å². The van der Waals surface area contributed by atoms with Gasteiger partial charge in [-0.3, -0.25) is 4.79 Å².